The molecule has 2 rings (SSSR count). The van der Waals surface area contributed by atoms with Crippen molar-refractivity contribution in [3.05, 3.63) is 45.3 Å². The highest BCUT2D eigenvalue weighted by atomic mass is 127. The number of aryl methyl sites for hydroxylation is 1. The van der Waals surface area contributed by atoms with E-state index in [-0.39, 0.29) is 6.04 Å². The Morgan fingerprint density at radius 1 is 1.33 bits per heavy atom. The molecule has 0 aliphatic carbocycles. The summed E-state index contributed by atoms with van der Waals surface area (Å²) < 4.78 is 3.07. The first-order valence-corrected chi connectivity index (χ1v) is 7.13. The maximum atomic E-state index is 4.01. The van der Waals surface area contributed by atoms with Crippen molar-refractivity contribution < 1.29 is 0 Å². The molecule has 0 spiro atoms. The zero-order valence-electron chi connectivity index (χ0n) is 10.6. The van der Waals surface area contributed by atoms with Crippen LogP contribution >= 0.6 is 22.6 Å². The van der Waals surface area contributed by atoms with Gasteiger partial charge in [0.25, 0.3) is 0 Å². The van der Waals surface area contributed by atoms with Gasteiger partial charge < -0.3 is 5.32 Å². The van der Waals surface area contributed by atoms with E-state index in [1.54, 1.807) is 0 Å². The third kappa shape index (κ3) is 3.08. The molecule has 1 aromatic carbocycles. The van der Waals surface area contributed by atoms with Crippen LogP contribution in [0.3, 0.4) is 0 Å². The van der Waals surface area contributed by atoms with E-state index in [2.05, 4.69) is 69.4 Å². The zero-order valence-corrected chi connectivity index (χ0v) is 12.8. The molecule has 1 heterocycles. The molecule has 1 atom stereocenters. The van der Waals surface area contributed by atoms with Gasteiger partial charge in [-0.05, 0) is 53.3 Å². The lowest BCUT2D eigenvalue weighted by atomic mass is 10.0. The Kier molecular flexibility index (Phi) is 4.71. The Labute approximate surface area is 121 Å². The third-order valence-corrected chi connectivity index (χ3v) is 3.57. The first-order chi connectivity index (χ1) is 8.72. The highest BCUT2D eigenvalue weighted by Gasteiger charge is 2.16. The van der Waals surface area contributed by atoms with E-state index in [9.17, 15) is 0 Å². The number of hydrogen-bond donors (Lipinski definition) is 1. The number of halogens is 1. The van der Waals surface area contributed by atoms with E-state index in [0.717, 1.165) is 18.7 Å². The van der Waals surface area contributed by atoms with Gasteiger partial charge in [0, 0.05) is 10.6 Å². The molecule has 0 saturated heterocycles. The number of nitrogens with zero attached hydrogens (tertiary/aromatic N) is 3. The lowest BCUT2D eigenvalue weighted by Crippen LogP contribution is -2.25. The third-order valence-electron chi connectivity index (χ3n) is 2.85. The predicted molar refractivity (Wildman–Crippen MR) is 80.3 cm³/mol. The molecule has 96 valence electrons. The van der Waals surface area contributed by atoms with Crippen molar-refractivity contribution in [1.82, 2.24) is 20.3 Å². The van der Waals surface area contributed by atoms with Gasteiger partial charge in [-0.25, -0.2) is 0 Å². The largest absolute Gasteiger partial charge is 0.305 e. The molecule has 1 N–H and O–H groups in total. The summed E-state index contributed by atoms with van der Waals surface area (Å²) in [6.45, 7) is 3.14. The van der Waals surface area contributed by atoms with E-state index in [1.807, 2.05) is 17.9 Å². The molecule has 5 heteroatoms. The fraction of sp³-hybridized carbons (Fsp3) is 0.385. The van der Waals surface area contributed by atoms with Crippen LogP contribution in [0.1, 0.15) is 30.6 Å². The molecule has 0 aliphatic heterocycles. The highest BCUT2D eigenvalue weighted by Crippen LogP contribution is 2.21. The standard InChI is InChI=1S/C13H17IN4/c1-3-8-15-13(12-9-16-17-18(12)2)10-4-6-11(14)7-5-10/h4-7,9,13,15H,3,8H2,1-2H3. The summed E-state index contributed by atoms with van der Waals surface area (Å²) in [5, 5.41) is 11.5. The molecule has 0 radical (unpaired) electrons. The molecule has 0 fully saturated rings. The van der Waals surface area contributed by atoms with Crippen LogP contribution in [0.4, 0.5) is 0 Å². The number of nitrogens with one attached hydrogen (secondary N) is 1. The number of hydrogen-bond acceptors (Lipinski definition) is 3. The Bertz CT molecular complexity index is 492. The summed E-state index contributed by atoms with van der Waals surface area (Å²) in [4.78, 5) is 0. The van der Waals surface area contributed by atoms with Crippen molar-refractivity contribution >= 4 is 22.6 Å². The molecule has 1 aromatic heterocycles. The van der Waals surface area contributed by atoms with Crippen molar-refractivity contribution in [2.75, 3.05) is 6.54 Å². The molecule has 4 nitrogen and oxygen atoms in total. The fourth-order valence-electron chi connectivity index (χ4n) is 1.90. The molecule has 1 unspecified atom stereocenters. The first-order valence-electron chi connectivity index (χ1n) is 6.05. The topological polar surface area (TPSA) is 42.7 Å². The van der Waals surface area contributed by atoms with Gasteiger partial charge in [0.2, 0.25) is 0 Å². The van der Waals surface area contributed by atoms with Gasteiger partial charge in [-0.15, -0.1) is 5.10 Å². The fourth-order valence-corrected chi connectivity index (χ4v) is 2.26. The molecule has 0 amide bonds. The van der Waals surface area contributed by atoms with E-state index in [0.29, 0.717) is 0 Å². The molecular weight excluding hydrogens is 339 g/mol. The quantitative estimate of drug-likeness (QED) is 0.838. The average molecular weight is 356 g/mol. The van der Waals surface area contributed by atoms with Gasteiger partial charge in [0.05, 0.1) is 17.9 Å². The van der Waals surface area contributed by atoms with Crippen LogP contribution in [0, 0.1) is 3.57 Å². The van der Waals surface area contributed by atoms with Crippen LogP contribution in [0.5, 0.6) is 0 Å². The van der Waals surface area contributed by atoms with Gasteiger partial charge in [-0.3, -0.25) is 4.68 Å². The number of aromatic nitrogens is 3. The van der Waals surface area contributed by atoms with Crippen LogP contribution in [0.2, 0.25) is 0 Å². The van der Waals surface area contributed by atoms with Gasteiger partial charge >= 0.3 is 0 Å². The normalized spacial score (nSPS) is 12.6. The minimum atomic E-state index is 0.155. The summed E-state index contributed by atoms with van der Waals surface area (Å²) in [7, 11) is 1.93. The summed E-state index contributed by atoms with van der Waals surface area (Å²) in [6.07, 6.45) is 2.93. The van der Waals surface area contributed by atoms with E-state index >= 15 is 0 Å². The van der Waals surface area contributed by atoms with Gasteiger partial charge in [-0.2, -0.15) is 0 Å². The minimum absolute atomic E-state index is 0.155. The van der Waals surface area contributed by atoms with E-state index in [4.69, 9.17) is 0 Å². The van der Waals surface area contributed by atoms with Crippen LogP contribution in [0.25, 0.3) is 0 Å². The molecule has 2 aromatic rings. The second kappa shape index (κ2) is 6.29. The molecular formula is C13H17IN4. The molecule has 0 bridgehead atoms. The molecule has 0 saturated carbocycles. The van der Waals surface area contributed by atoms with Crippen molar-refractivity contribution in [2.45, 2.75) is 19.4 Å². The summed E-state index contributed by atoms with van der Waals surface area (Å²) in [6, 6.07) is 8.71. The van der Waals surface area contributed by atoms with E-state index < -0.39 is 0 Å². The minimum Gasteiger partial charge on any atom is -0.305 e. The Hall–Kier alpha value is -0.950. The maximum absolute atomic E-state index is 4.01. The first kappa shape index (κ1) is 13.5. The summed E-state index contributed by atoms with van der Waals surface area (Å²) >= 11 is 2.32. The smallest absolute Gasteiger partial charge is 0.0798 e. The van der Waals surface area contributed by atoms with Crippen molar-refractivity contribution in [3.63, 3.8) is 0 Å². The monoisotopic (exact) mass is 356 g/mol. The lowest BCUT2D eigenvalue weighted by Gasteiger charge is -2.18. The van der Waals surface area contributed by atoms with Crippen LogP contribution in [-0.2, 0) is 7.05 Å². The van der Waals surface area contributed by atoms with Crippen molar-refractivity contribution in [3.8, 4) is 0 Å². The predicted octanol–water partition coefficient (Wildman–Crippen LogP) is 2.51. The summed E-state index contributed by atoms with van der Waals surface area (Å²) in [5.74, 6) is 0. The van der Waals surface area contributed by atoms with Crippen LogP contribution in [0.15, 0.2) is 30.5 Å². The van der Waals surface area contributed by atoms with Gasteiger partial charge in [0.15, 0.2) is 0 Å². The maximum Gasteiger partial charge on any atom is 0.0798 e. The molecule has 0 aliphatic rings. The van der Waals surface area contributed by atoms with Crippen molar-refractivity contribution in [1.29, 1.82) is 0 Å². The highest BCUT2D eigenvalue weighted by molar-refractivity contribution is 14.1. The van der Waals surface area contributed by atoms with Crippen molar-refractivity contribution in [2.24, 2.45) is 7.05 Å². The van der Waals surface area contributed by atoms with E-state index in [1.165, 1.54) is 9.13 Å². The Morgan fingerprint density at radius 3 is 2.61 bits per heavy atom. The second-order valence-corrected chi connectivity index (χ2v) is 5.47. The van der Waals surface area contributed by atoms with Gasteiger partial charge in [-0.1, -0.05) is 24.3 Å². The van der Waals surface area contributed by atoms with Crippen LogP contribution in [-0.4, -0.2) is 21.5 Å². The number of rotatable bonds is 5. The summed E-state index contributed by atoms with van der Waals surface area (Å²) in [5.41, 5.74) is 2.33. The lowest BCUT2D eigenvalue weighted by molar-refractivity contribution is 0.550. The Morgan fingerprint density at radius 2 is 2.06 bits per heavy atom. The second-order valence-electron chi connectivity index (χ2n) is 4.22. The Balaban J connectivity index is 2.30. The number of benzene rings is 1. The molecule has 18 heavy (non-hydrogen) atoms. The SMILES string of the molecule is CCCNC(c1ccc(I)cc1)c1cnnn1C. The van der Waals surface area contributed by atoms with Gasteiger partial charge in [0.1, 0.15) is 0 Å². The average Bonchev–Trinajstić information content (AvgIpc) is 2.78. The van der Waals surface area contributed by atoms with Crippen LogP contribution < -0.4 is 5.32 Å². The zero-order chi connectivity index (χ0) is 13.0.